The third kappa shape index (κ3) is 3.61. The lowest BCUT2D eigenvalue weighted by Gasteiger charge is -2.37. The summed E-state index contributed by atoms with van der Waals surface area (Å²) in [6, 6.07) is 10.8. The lowest BCUT2D eigenvalue weighted by Crippen LogP contribution is -2.49. The average molecular weight is 369 g/mol. The van der Waals surface area contributed by atoms with Crippen molar-refractivity contribution in [2.45, 2.75) is 12.6 Å². The van der Waals surface area contributed by atoms with Gasteiger partial charge in [0.15, 0.2) is 0 Å². The first-order valence-electron chi connectivity index (χ1n) is 8.24. The lowest BCUT2D eigenvalue weighted by atomic mass is 10.0. The fourth-order valence-electron chi connectivity index (χ4n) is 3.00. The molecule has 2 amide bonds. The molecule has 1 atom stereocenters. The Kier molecular flexibility index (Phi) is 5.09. The Morgan fingerprint density at radius 3 is 2.44 bits per heavy atom. The number of rotatable bonds is 5. The standard InChI is InChI=1S/C19H19N3O5/c1-27-19(26)12-4-2-11(3-5-12)9-22-15-7-6-13(17(20)24)8-14(15)21-18(25)16(22)10-23/h2-8,16,23H,9-10H2,1H3,(H2,20,24)(H,21,25)/t16-/m1/s1. The quantitative estimate of drug-likeness (QED) is 0.673. The van der Waals surface area contributed by atoms with Crippen molar-refractivity contribution in [1.82, 2.24) is 0 Å². The molecule has 8 nitrogen and oxygen atoms in total. The van der Waals surface area contributed by atoms with Gasteiger partial charge in [-0.25, -0.2) is 4.79 Å². The van der Waals surface area contributed by atoms with Gasteiger partial charge >= 0.3 is 5.97 Å². The van der Waals surface area contributed by atoms with Crippen molar-refractivity contribution in [2.75, 3.05) is 23.9 Å². The number of aliphatic hydroxyl groups is 1. The fraction of sp³-hybridized carbons (Fsp3) is 0.211. The van der Waals surface area contributed by atoms with Crippen LogP contribution in [-0.4, -0.2) is 42.6 Å². The summed E-state index contributed by atoms with van der Waals surface area (Å²) in [5.41, 5.74) is 7.94. The number of nitrogens with two attached hydrogens (primary N) is 1. The van der Waals surface area contributed by atoms with E-state index >= 15 is 0 Å². The Morgan fingerprint density at radius 1 is 1.19 bits per heavy atom. The van der Waals surface area contributed by atoms with Gasteiger partial charge in [-0.3, -0.25) is 9.59 Å². The second-order valence-corrected chi connectivity index (χ2v) is 6.10. The van der Waals surface area contributed by atoms with Gasteiger partial charge in [0, 0.05) is 12.1 Å². The SMILES string of the molecule is COC(=O)c1ccc(CN2c3ccc(C(N)=O)cc3NC(=O)[C@H]2CO)cc1. The number of methoxy groups -OCH3 is 1. The van der Waals surface area contributed by atoms with Crippen LogP contribution in [0.4, 0.5) is 11.4 Å². The summed E-state index contributed by atoms with van der Waals surface area (Å²) in [5, 5.41) is 12.4. The Balaban J connectivity index is 1.94. The van der Waals surface area contributed by atoms with E-state index in [2.05, 4.69) is 10.1 Å². The van der Waals surface area contributed by atoms with Gasteiger partial charge in [-0.1, -0.05) is 12.1 Å². The monoisotopic (exact) mass is 369 g/mol. The number of esters is 1. The number of fused-ring (bicyclic) bond motifs is 1. The first-order chi connectivity index (χ1) is 12.9. The zero-order chi connectivity index (χ0) is 19.6. The number of carbonyl (C=O) groups excluding carboxylic acids is 3. The Labute approximate surface area is 155 Å². The van der Waals surface area contributed by atoms with E-state index in [1.165, 1.54) is 13.2 Å². The molecular formula is C19H19N3O5. The molecule has 3 rings (SSSR count). The van der Waals surface area contributed by atoms with Crippen LogP contribution in [0.5, 0.6) is 0 Å². The van der Waals surface area contributed by atoms with Crippen LogP contribution in [0.3, 0.4) is 0 Å². The predicted octanol–water partition coefficient (Wildman–Crippen LogP) is 0.892. The Morgan fingerprint density at radius 2 is 1.85 bits per heavy atom. The molecule has 2 aromatic rings. The zero-order valence-electron chi connectivity index (χ0n) is 14.6. The second kappa shape index (κ2) is 7.46. The van der Waals surface area contributed by atoms with Crippen LogP contribution in [0, 0.1) is 0 Å². The van der Waals surface area contributed by atoms with Crippen molar-refractivity contribution in [2.24, 2.45) is 5.73 Å². The minimum absolute atomic E-state index is 0.277. The third-order valence-electron chi connectivity index (χ3n) is 4.43. The van der Waals surface area contributed by atoms with Crippen LogP contribution in [0.2, 0.25) is 0 Å². The number of ether oxygens (including phenoxy) is 1. The second-order valence-electron chi connectivity index (χ2n) is 6.10. The summed E-state index contributed by atoms with van der Waals surface area (Å²) >= 11 is 0. The largest absolute Gasteiger partial charge is 0.465 e. The summed E-state index contributed by atoms with van der Waals surface area (Å²) in [6.45, 7) is -0.0495. The predicted molar refractivity (Wildman–Crippen MR) is 98.4 cm³/mol. The number of benzene rings is 2. The highest BCUT2D eigenvalue weighted by molar-refractivity contribution is 6.05. The molecule has 1 heterocycles. The number of nitrogens with one attached hydrogen (secondary N) is 1. The van der Waals surface area contributed by atoms with Gasteiger partial charge < -0.3 is 25.8 Å². The first kappa shape index (κ1) is 18.4. The van der Waals surface area contributed by atoms with E-state index in [1.807, 2.05) is 0 Å². The van der Waals surface area contributed by atoms with Crippen molar-refractivity contribution in [3.63, 3.8) is 0 Å². The Bertz CT molecular complexity index is 895. The van der Waals surface area contributed by atoms with Crippen LogP contribution in [0.25, 0.3) is 0 Å². The van der Waals surface area contributed by atoms with Crippen LogP contribution >= 0.6 is 0 Å². The zero-order valence-corrected chi connectivity index (χ0v) is 14.6. The average Bonchev–Trinajstić information content (AvgIpc) is 2.67. The van der Waals surface area contributed by atoms with Gasteiger partial charge in [-0.05, 0) is 35.9 Å². The maximum atomic E-state index is 12.4. The van der Waals surface area contributed by atoms with Crippen LogP contribution in [-0.2, 0) is 16.1 Å². The lowest BCUT2D eigenvalue weighted by molar-refractivity contribution is -0.118. The number of anilines is 2. The number of hydrogen-bond donors (Lipinski definition) is 3. The van der Waals surface area contributed by atoms with E-state index < -0.39 is 17.9 Å². The van der Waals surface area contributed by atoms with Crippen molar-refractivity contribution < 1.29 is 24.2 Å². The van der Waals surface area contributed by atoms with Crippen LogP contribution in [0.1, 0.15) is 26.3 Å². The van der Waals surface area contributed by atoms with Crippen molar-refractivity contribution in [3.8, 4) is 0 Å². The molecule has 140 valence electrons. The van der Waals surface area contributed by atoms with E-state index in [1.54, 1.807) is 41.3 Å². The molecule has 27 heavy (non-hydrogen) atoms. The molecule has 0 bridgehead atoms. The molecular weight excluding hydrogens is 350 g/mol. The van der Waals surface area contributed by atoms with Crippen LogP contribution in [0.15, 0.2) is 42.5 Å². The third-order valence-corrected chi connectivity index (χ3v) is 4.43. The van der Waals surface area contributed by atoms with Gasteiger partial charge in [0.2, 0.25) is 11.8 Å². The summed E-state index contributed by atoms with van der Waals surface area (Å²) < 4.78 is 4.68. The smallest absolute Gasteiger partial charge is 0.337 e. The summed E-state index contributed by atoms with van der Waals surface area (Å²) in [4.78, 5) is 37.0. The molecule has 0 unspecified atom stereocenters. The number of nitrogens with zero attached hydrogens (tertiary/aromatic N) is 1. The summed E-state index contributed by atoms with van der Waals surface area (Å²) in [5.74, 6) is -1.41. The topological polar surface area (TPSA) is 122 Å². The minimum Gasteiger partial charge on any atom is -0.465 e. The number of hydrogen-bond acceptors (Lipinski definition) is 6. The number of amides is 2. The molecule has 0 aromatic heterocycles. The molecule has 2 aromatic carbocycles. The molecule has 0 fully saturated rings. The fourth-order valence-corrected chi connectivity index (χ4v) is 3.00. The molecule has 4 N–H and O–H groups in total. The summed E-state index contributed by atoms with van der Waals surface area (Å²) in [7, 11) is 1.31. The molecule has 0 spiro atoms. The highest BCUT2D eigenvalue weighted by Crippen LogP contribution is 2.34. The van der Waals surface area contributed by atoms with E-state index in [0.29, 0.717) is 23.5 Å². The van der Waals surface area contributed by atoms with Crippen molar-refractivity contribution in [3.05, 3.63) is 59.2 Å². The molecule has 0 radical (unpaired) electrons. The van der Waals surface area contributed by atoms with Crippen molar-refractivity contribution in [1.29, 1.82) is 0 Å². The molecule has 0 saturated heterocycles. The maximum Gasteiger partial charge on any atom is 0.337 e. The first-order valence-corrected chi connectivity index (χ1v) is 8.24. The number of aliphatic hydroxyl groups excluding tert-OH is 1. The molecule has 1 aliphatic heterocycles. The van der Waals surface area contributed by atoms with Gasteiger partial charge in [0.1, 0.15) is 6.04 Å². The molecule has 1 aliphatic rings. The molecule has 0 saturated carbocycles. The Hall–Kier alpha value is -3.39. The van der Waals surface area contributed by atoms with Gasteiger partial charge in [0.25, 0.3) is 0 Å². The van der Waals surface area contributed by atoms with Crippen molar-refractivity contribution >= 4 is 29.2 Å². The highest BCUT2D eigenvalue weighted by atomic mass is 16.5. The number of carbonyl (C=O) groups is 3. The van der Waals surface area contributed by atoms with Gasteiger partial charge in [-0.2, -0.15) is 0 Å². The minimum atomic E-state index is -0.780. The van der Waals surface area contributed by atoms with Crippen LogP contribution < -0.4 is 16.0 Å². The molecule has 0 aliphatic carbocycles. The number of primary amides is 1. The maximum absolute atomic E-state index is 12.4. The van der Waals surface area contributed by atoms with Gasteiger partial charge in [0.05, 0.1) is 30.7 Å². The van der Waals surface area contributed by atoms with E-state index in [0.717, 1.165) is 5.56 Å². The van der Waals surface area contributed by atoms with E-state index in [4.69, 9.17) is 5.73 Å². The van der Waals surface area contributed by atoms with E-state index in [9.17, 15) is 19.5 Å². The highest BCUT2D eigenvalue weighted by Gasteiger charge is 2.32. The van der Waals surface area contributed by atoms with E-state index in [-0.39, 0.29) is 18.1 Å². The normalized spacial score (nSPS) is 15.7. The molecule has 8 heteroatoms. The van der Waals surface area contributed by atoms with Gasteiger partial charge in [-0.15, -0.1) is 0 Å². The summed E-state index contributed by atoms with van der Waals surface area (Å²) in [6.07, 6.45) is 0.